The first kappa shape index (κ1) is 13.7. The van der Waals surface area contributed by atoms with Crippen LogP contribution in [0.4, 0.5) is 5.69 Å². The average Bonchev–Trinajstić information content (AvgIpc) is 2.45. The molecular formula is C18H23N. The first-order valence-electron chi connectivity index (χ1n) is 7.17. The summed E-state index contributed by atoms with van der Waals surface area (Å²) in [6.07, 6.45) is 3.72. The second kappa shape index (κ2) is 6.98. The van der Waals surface area contributed by atoms with Gasteiger partial charge in [-0.15, -0.1) is 0 Å². The van der Waals surface area contributed by atoms with Crippen molar-refractivity contribution in [3.63, 3.8) is 0 Å². The van der Waals surface area contributed by atoms with Crippen molar-refractivity contribution >= 4 is 5.69 Å². The molecule has 0 aliphatic heterocycles. The maximum atomic E-state index is 3.49. The van der Waals surface area contributed by atoms with Crippen molar-refractivity contribution in [2.45, 2.75) is 39.7 Å². The van der Waals surface area contributed by atoms with Gasteiger partial charge in [-0.25, -0.2) is 0 Å². The molecule has 0 bridgehead atoms. The van der Waals surface area contributed by atoms with E-state index < -0.39 is 0 Å². The molecule has 0 atom stereocenters. The van der Waals surface area contributed by atoms with Crippen molar-refractivity contribution in [3.8, 4) is 0 Å². The Morgan fingerprint density at radius 2 is 1.68 bits per heavy atom. The predicted octanol–water partition coefficient (Wildman–Crippen LogP) is 4.95. The number of hydrogen-bond donors (Lipinski definition) is 1. The Kier molecular flexibility index (Phi) is 5.02. The van der Waals surface area contributed by atoms with Gasteiger partial charge >= 0.3 is 0 Å². The van der Waals surface area contributed by atoms with E-state index in [1.54, 1.807) is 0 Å². The zero-order valence-corrected chi connectivity index (χ0v) is 11.9. The lowest BCUT2D eigenvalue weighted by Gasteiger charge is -2.09. The molecule has 0 aliphatic rings. The van der Waals surface area contributed by atoms with E-state index in [1.165, 1.54) is 41.6 Å². The molecular weight excluding hydrogens is 230 g/mol. The van der Waals surface area contributed by atoms with Gasteiger partial charge in [-0.2, -0.15) is 0 Å². The molecule has 0 spiro atoms. The molecule has 2 aromatic rings. The van der Waals surface area contributed by atoms with Gasteiger partial charge in [0.15, 0.2) is 0 Å². The molecule has 0 aromatic heterocycles. The normalized spacial score (nSPS) is 10.4. The van der Waals surface area contributed by atoms with Crippen LogP contribution in [-0.2, 0) is 13.0 Å². The van der Waals surface area contributed by atoms with E-state index in [2.05, 4.69) is 67.7 Å². The second-order valence-corrected chi connectivity index (χ2v) is 5.08. The molecule has 1 nitrogen and oxygen atoms in total. The molecule has 1 heteroatoms. The van der Waals surface area contributed by atoms with Gasteiger partial charge in [-0.05, 0) is 48.6 Å². The molecule has 0 saturated carbocycles. The van der Waals surface area contributed by atoms with E-state index in [-0.39, 0.29) is 0 Å². The summed E-state index contributed by atoms with van der Waals surface area (Å²) in [7, 11) is 0. The average molecular weight is 253 g/mol. The maximum Gasteiger partial charge on any atom is 0.0403 e. The van der Waals surface area contributed by atoms with Gasteiger partial charge in [0.2, 0.25) is 0 Å². The van der Waals surface area contributed by atoms with Crippen LogP contribution in [0, 0.1) is 6.92 Å². The van der Waals surface area contributed by atoms with Crippen LogP contribution in [0.3, 0.4) is 0 Å². The van der Waals surface area contributed by atoms with E-state index in [9.17, 15) is 0 Å². The van der Waals surface area contributed by atoms with E-state index in [0.29, 0.717) is 0 Å². The molecule has 1 N–H and O–H groups in total. The Hall–Kier alpha value is -1.76. The van der Waals surface area contributed by atoms with Gasteiger partial charge < -0.3 is 5.32 Å². The fourth-order valence-corrected chi connectivity index (χ4v) is 2.18. The molecule has 2 rings (SSSR count). The topological polar surface area (TPSA) is 12.0 Å². The van der Waals surface area contributed by atoms with Crippen molar-refractivity contribution in [3.05, 3.63) is 65.2 Å². The molecule has 0 unspecified atom stereocenters. The van der Waals surface area contributed by atoms with Gasteiger partial charge in [0.25, 0.3) is 0 Å². The first-order chi connectivity index (χ1) is 9.29. The Bertz CT molecular complexity index is 499. The van der Waals surface area contributed by atoms with Crippen LogP contribution in [-0.4, -0.2) is 0 Å². The highest BCUT2D eigenvalue weighted by atomic mass is 14.9. The lowest BCUT2D eigenvalue weighted by atomic mass is 10.1. The smallest absolute Gasteiger partial charge is 0.0403 e. The SMILES string of the molecule is CCCCc1ccc(NCc2ccccc2C)cc1. The van der Waals surface area contributed by atoms with Crippen LogP contribution < -0.4 is 5.32 Å². The van der Waals surface area contributed by atoms with Gasteiger partial charge in [-0.1, -0.05) is 49.7 Å². The van der Waals surface area contributed by atoms with Crippen LogP contribution >= 0.6 is 0 Å². The standard InChI is InChI=1S/C18H23N/c1-3-4-8-16-10-12-18(13-11-16)19-14-17-9-6-5-7-15(17)2/h5-7,9-13,19H,3-4,8,14H2,1-2H3. The second-order valence-electron chi connectivity index (χ2n) is 5.08. The predicted molar refractivity (Wildman–Crippen MR) is 83.6 cm³/mol. The zero-order valence-electron chi connectivity index (χ0n) is 11.9. The molecule has 0 amide bonds. The van der Waals surface area contributed by atoms with Gasteiger partial charge in [0.05, 0.1) is 0 Å². The number of anilines is 1. The number of rotatable bonds is 6. The van der Waals surface area contributed by atoms with E-state index in [4.69, 9.17) is 0 Å². The molecule has 0 fully saturated rings. The minimum atomic E-state index is 0.890. The summed E-state index contributed by atoms with van der Waals surface area (Å²) in [5, 5.41) is 3.49. The third kappa shape index (κ3) is 4.13. The number of nitrogens with one attached hydrogen (secondary N) is 1. The minimum Gasteiger partial charge on any atom is -0.381 e. The fourth-order valence-electron chi connectivity index (χ4n) is 2.18. The molecule has 0 aliphatic carbocycles. The number of hydrogen-bond acceptors (Lipinski definition) is 1. The van der Waals surface area contributed by atoms with E-state index in [1.807, 2.05) is 0 Å². The lowest BCUT2D eigenvalue weighted by Crippen LogP contribution is -2.01. The van der Waals surface area contributed by atoms with Crippen LogP contribution in [0.2, 0.25) is 0 Å². The Balaban J connectivity index is 1.91. The fraction of sp³-hybridized carbons (Fsp3) is 0.333. The van der Waals surface area contributed by atoms with Crippen molar-refractivity contribution in [2.24, 2.45) is 0 Å². The number of unbranched alkanes of at least 4 members (excludes halogenated alkanes) is 1. The molecule has 100 valence electrons. The van der Waals surface area contributed by atoms with Crippen molar-refractivity contribution in [1.82, 2.24) is 0 Å². The van der Waals surface area contributed by atoms with Crippen LogP contribution in [0.1, 0.15) is 36.5 Å². The summed E-state index contributed by atoms with van der Waals surface area (Å²) in [5.74, 6) is 0. The van der Waals surface area contributed by atoms with Crippen molar-refractivity contribution < 1.29 is 0 Å². The van der Waals surface area contributed by atoms with Gasteiger partial charge in [-0.3, -0.25) is 0 Å². The highest BCUT2D eigenvalue weighted by Gasteiger charge is 1.98. The van der Waals surface area contributed by atoms with Gasteiger partial charge in [0.1, 0.15) is 0 Å². The summed E-state index contributed by atoms with van der Waals surface area (Å²) in [6, 6.07) is 17.3. The lowest BCUT2D eigenvalue weighted by molar-refractivity contribution is 0.795. The summed E-state index contributed by atoms with van der Waals surface area (Å²) in [5.41, 5.74) is 5.33. The van der Waals surface area contributed by atoms with Crippen LogP contribution in [0.5, 0.6) is 0 Å². The Morgan fingerprint density at radius 1 is 0.947 bits per heavy atom. The van der Waals surface area contributed by atoms with E-state index >= 15 is 0 Å². The minimum absolute atomic E-state index is 0.890. The Labute approximate surface area is 116 Å². The summed E-state index contributed by atoms with van der Waals surface area (Å²) >= 11 is 0. The molecule has 19 heavy (non-hydrogen) atoms. The molecule has 2 aromatic carbocycles. The summed E-state index contributed by atoms with van der Waals surface area (Å²) < 4.78 is 0. The zero-order chi connectivity index (χ0) is 13.5. The monoisotopic (exact) mass is 253 g/mol. The Morgan fingerprint density at radius 3 is 2.37 bits per heavy atom. The van der Waals surface area contributed by atoms with E-state index in [0.717, 1.165) is 6.54 Å². The number of aryl methyl sites for hydroxylation is 2. The molecule has 0 saturated heterocycles. The highest BCUT2D eigenvalue weighted by molar-refractivity contribution is 5.45. The first-order valence-corrected chi connectivity index (χ1v) is 7.17. The van der Waals surface area contributed by atoms with Crippen molar-refractivity contribution in [2.75, 3.05) is 5.32 Å². The maximum absolute atomic E-state index is 3.49. The van der Waals surface area contributed by atoms with Gasteiger partial charge in [0, 0.05) is 12.2 Å². The van der Waals surface area contributed by atoms with Crippen LogP contribution in [0.25, 0.3) is 0 Å². The van der Waals surface area contributed by atoms with Crippen molar-refractivity contribution in [1.29, 1.82) is 0 Å². The summed E-state index contributed by atoms with van der Waals surface area (Å²) in [6.45, 7) is 5.28. The third-order valence-electron chi connectivity index (χ3n) is 3.52. The highest BCUT2D eigenvalue weighted by Crippen LogP contribution is 2.14. The molecule has 0 radical (unpaired) electrons. The quantitative estimate of drug-likeness (QED) is 0.768. The largest absolute Gasteiger partial charge is 0.381 e. The third-order valence-corrected chi connectivity index (χ3v) is 3.52. The van der Waals surface area contributed by atoms with Crippen LogP contribution in [0.15, 0.2) is 48.5 Å². The number of benzene rings is 2. The molecule has 0 heterocycles. The summed E-state index contributed by atoms with van der Waals surface area (Å²) in [4.78, 5) is 0.